The number of nitrogens with one attached hydrogen (secondary N) is 1. The first-order chi connectivity index (χ1) is 11.0. The van der Waals surface area contributed by atoms with Gasteiger partial charge in [-0.2, -0.15) is 0 Å². The molecule has 0 saturated carbocycles. The smallest absolute Gasteiger partial charge is 0.256 e. The molecule has 3 heterocycles. The lowest BCUT2D eigenvalue weighted by Gasteiger charge is -2.35. The first-order valence-corrected chi connectivity index (χ1v) is 8.86. The second-order valence-corrected chi connectivity index (χ2v) is 7.54. The Balaban J connectivity index is 1.69. The molecule has 3 rings (SSSR count). The number of carbonyl (C=O) groups is 1. The van der Waals surface area contributed by atoms with E-state index in [-0.39, 0.29) is 12.0 Å². The second kappa shape index (κ2) is 7.05. The quantitative estimate of drug-likeness (QED) is 0.888. The lowest BCUT2D eigenvalue weighted by molar-refractivity contribution is 0.0555. The summed E-state index contributed by atoms with van der Waals surface area (Å²) >= 11 is 7.47. The maximum Gasteiger partial charge on any atom is 0.256 e. The van der Waals surface area contributed by atoms with Crippen molar-refractivity contribution in [2.45, 2.75) is 13.0 Å². The molecule has 0 radical (unpaired) electrons. The minimum Gasteiger partial charge on any atom is -0.392 e. The molecular weight excluding hydrogens is 334 g/mol. The van der Waals surface area contributed by atoms with E-state index in [4.69, 9.17) is 11.6 Å². The third-order valence-electron chi connectivity index (χ3n) is 4.00. The predicted octanol–water partition coefficient (Wildman–Crippen LogP) is 2.54. The number of nitrogens with zero attached hydrogens (tertiary/aromatic N) is 2. The molecule has 1 saturated heterocycles. The maximum atomic E-state index is 12.8. The summed E-state index contributed by atoms with van der Waals surface area (Å²) in [6, 6.07) is 3.78. The SMILES string of the molecule is C[C@H](O)CN1CCN(C(=O)c2c[nH]cc2-c2ccc(Cl)s2)CC1. The summed E-state index contributed by atoms with van der Waals surface area (Å²) in [6.45, 7) is 5.39. The molecule has 0 unspecified atom stereocenters. The number of aromatic amines is 1. The van der Waals surface area contributed by atoms with Crippen molar-refractivity contribution in [1.29, 1.82) is 0 Å². The van der Waals surface area contributed by atoms with Crippen molar-refractivity contribution in [2.75, 3.05) is 32.7 Å². The highest BCUT2D eigenvalue weighted by Gasteiger charge is 2.25. The van der Waals surface area contributed by atoms with Gasteiger partial charge in [0.2, 0.25) is 0 Å². The van der Waals surface area contributed by atoms with Crippen LogP contribution in [0.5, 0.6) is 0 Å². The minimum absolute atomic E-state index is 0.0440. The molecule has 23 heavy (non-hydrogen) atoms. The second-order valence-electron chi connectivity index (χ2n) is 5.83. The molecular formula is C16H20ClN3O2S. The van der Waals surface area contributed by atoms with Crippen LogP contribution in [0, 0.1) is 0 Å². The van der Waals surface area contributed by atoms with Gasteiger partial charge in [0.1, 0.15) is 0 Å². The van der Waals surface area contributed by atoms with Gasteiger partial charge in [0.05, 0.1) is 16.0 Å². The number of amides is 1. The molecule has 124 valence electrons. The first kappa shape index (κ1) is 16.5. The zero-order valence-electron chi connectivity index (χ0n) is 13.0. The van der Waals surface area contributed by atoms with Gasteiger partial charge >= 0.3 is 0 Å². The number of aromatic nitrogens is 1. The van der Waals surface area contributed by atoms with Gasteiger partial charge < -0.3 is 15.0 Å². The van der Waals surface area contributed by atoms with Crippen LogP contribution in [0.25, 0.3) is 10.4 Å². The summed E-state index contributed by atoms with van der Waals surface area (Å²) in [5.74, 6) is 0.0440. The third kappa shape index (κ3) is 3.77. The summed E-state index contributed by atoms with van der Waals surface area (Å²) in [7, 11) is 0. The minimum atomic E-state index is -0.336. The number of halogens is 1. The molecule has 0 spiro atoms. The molecule has 0 aliphatic carbocycles. The van der Waals surface area contributed by atoms with E-state index < -0.39 is 0 Å². The molecule has 0 aromatic carbocycles. The number of piperazine rings is 1. The Morgan fingerprint density at radius 3 is 2.70 bits per heavy atom. The van der Waals surface area contributed by atoms with Gasteiger partial charge in [-0.1, -0.05) is 11.6 Å². The molecule has 1 fully saturated rings. The lowest BCUT2D eigenvalue weighted by atomic mass is 10.1. The highest BCUT2D eigenvalue weighted by atomic mass is 35.5. The summed E-state index contributed by atoms with van der Waals surface area (Å²) in [6.07, 6.45) is 3.27. The van der Waals surface area contributed by atoms with E-state index in [0.717, 1.165) is 23.5 Å². The van der Waals surface area contributed by atoms with Crippen molar-refractivity contribution >= 4 is 28.8 Å². The molecule has 1 amide bonds. The Morgan fingerprint density at radius 2 is 2.09 bits per heavy atom. The average Bonchev–Trinajstić information content (AvgIpc) is 3.15. The fourth-order valence-electron chi connectivity index (χ4n) is 2.88. The Morgan fingerprint density at radius 1 is 1.35 bits per heavy atom. The number of rotatable bonds is 4. The van der Waals surface area contributed by atoms with Gasteiger partial charge in [0.15, 0.2) is 0 Å². The van der Waals surface area contributed by atoms with Crippen molar-refractivity contribution in [2.24, 2.45) is 0 Å². The number of β-amino-alcohol motifs (C(OH)–C–C–N with tert-alkyl or cyclic N) is 1. The van der Waals surface area contributed by atoms with Gasteiger partial charge in [0, 0.05) is 55.6 Å². The van der Waals surface area contributed by atoms with Crippen molar-refractivity contribution in [1.82, 2.24) is 14.8 Å². The summed E-state index contributed by atoms with van der Waals surface area (Å²) in [5, 5.41) is 9.46. The van der Waals surface area contributed by atoms with Crippen LogP contribution in [0.3, 0.4) is 0 Å². The number of hydrogen-bond donors (Lipinski definition) is 2. The topological polar surface area (TPSA) is 59.6 Å². The first-order valence-electron chi connectivity index (χ1n) is 7.67. The Labute approximate surface area is 144 Å². The van der Waals surface area contributed by atoms with E-state index in [0.29, 0.717) is 29.5 Å². The molecule has 5 nitrogen and oxygen atoms in total. The molecule has 1 aliphatic heterocycles. The van der Waals surface area contributed by atoms with Crippen molar-refractivity contribution in [3.63, 3.8) is 0 Å². The molecule has 1 atom stereocenters. The van der Waals surface area contributed by atoms with Gasteiger partial charge in [-0.25, -0.2) is 0 Å². The van der Waals surface area contributed by atoms with Crippen molar-refractivity contribution in [3.8, 4) is 10.4 Å². The van der Waals surface area contributed by atoms with E-state index >= 15 is 0 Å². The Hall–Kier alpha value is -1.34. The number of aliphatic hydroxyl groups is 1. The zero-order valence-corrected chi connectivity index (χ0v) is 14.5. The number of hydrogen-bond acceptors (Lipinski definition) is 4. The normalized spacial score (nSPS) is 17.4. The summed E-state index contributed by atoms with van der Waals surface area (Å²) < 4.78 is 0.714. The van der Waals surface area contributed by atoms with Gasteiger partial charge in [-0.05, 0) is 19.1 Å². The Bertz CT molecular complexity index is 674. The van der Waals surface area contributed by atoms with Crippen LogP contribution in [0.2, 0.25) is 4.34 Å². The Kier molecular flexibility index (Phi) is 5.06. The largest absolute Gasteiger partial charge is 0.392 e. The predicted molar refractivity (Wildman–Crippen MR) is 93.1 cm³/mol. The molecule has 1 aliphatic rings. The highest BCUT2D eigenvalue weighted by Crippen LogP contribution is 2.33. The van der Waals surface area contributed by atoms with Crippen LogP contribution < -0.4 is 0 Å². The zero-order chi connectivity index (χ0) is 16.4. The van der Waals surface area contributed by atoms with Crippen molar-refractivity contribution in [3.05, 3.63) is 34.4 Å². The standard InChI is InChI=1S/C16H20ClN3O2S/c1-11(21)10-19-4-6-20(7-5-19)16(22)13-9-18-8-12(13)14-2-3-15(17)23-14/h2-3,8-9,11,18,21H,4-7,10H2,1H3/t11-/m0/s1. The van der Waals surface area contributed by atoms with E-state index in [9.17, 15) is 9.90 Å². The number of H-pyrrole nitrogens is 1. The number of thiophene rings is 1. The van der Waals surface area contributed by atoms with E-state index in [1.165, 1.54) is 11.3 Å². The van der Waals surface area contributed by atoms with Gasteiger partial charge in [-0.3, -0.25) is 9.69 Å². The number of carbonyl (C=O) groups excluding carboxylic acids is 1. The average molecular weight is 354 g/mol. The number of aliphatic hydroxyl groups excluding tert-OH is 1. The van der Waals surface area contributed by atoms with E-state index in [1.54, 1.807) is 13.1 Å². The van der Waals surface area contributed by atoms with Crippen LogP contribution in [0.15, 0.2) is 24.5 Å². The van der Waals surface area contributed by atoms with Crippen LogP contribution in [-0.2, 0) is 0 Å². The third-order valence-corrected chi connectivity index (χ3v) is 5.26. The molecule has 0 bridgehead atoms. The van der Waals surface area contributed by atoms with Crippen LogP contribution >= 0.6 is 22.9 Å². The monoisotopic (exact) mass is 353 g/mol. The van der Waals surface area contributed by atoms with Crippen LogP contribution in [0.4, 0.5) is 0 Å². The molecule has 2 aromatic rings. The maximum absolute atomic E-state index is 12.8. The lowest BCUT2D eigenvalue weighted by Crippen LogP contribution is -2.50. The molecule has 2 N–H and O–H groups in total. The van der Waals surface area contributed by atoms with Gasteiger partial charge in [0.25, 0.3) is 5.91 Å². The van der Waals surface area contributed by atoms with Crippen LogP contribution in [0.1, 0.15) is 17.3 Å². The fourth-order valence-corrected chi connectivity index (χ4v) is 3.95. The van der Waals surface area contributed by atoms with E-state index in [2.05, 4.69) is 9.88 Å². The summed E-state index contributed by atoms with van der Waals surface area (Å²) in [5.41, 5.74) is 1.59. The molecule has 7 heteroatoms. The van der Waals surface area contributed by atoms with Crippen molar-refractivity contribution < 1.29 is 9.90 Å². The highest BCUT2D eigenvalue weighted by molar-refractivity contribution is 7.19. The fraction of sp³-hybridized carbons (Fsp3) is 0.438. The van der Waals surface area contributed by atoms with Crippen LogP contribution in [-0.4, -0.2) is 64.6 Å². The van der Waals surface area contributed by atoms with E-state index in [1.807, 2.05) is 23.2 Å². The van der Waals surface area contributed by atoms with Gasteiger partial charge in [-0.15, -0.1) is 11.3 Å². The molecule has 2 aromatic heterocycles. The summed E-state index contributed by atoms with van der Waals surface area (Å²) in [4.78, 5) is 20.9.